The summed E-state index contributed by atoms with van der Waals surface area (Å²) in [5.74, 6) is 0.707. The summed E-state index contributed by atoms with van der Waals surface area (Å²) in [7, 11) is 0. The number of hydrogen-bond donors (Lipinski definition) is 0. The predicted octanol–water partition coefficient (Wildman–Crippen LogP) is 6.98. The van der Waals surface area contributed by atoms with Crippen LogP contribution in [0.15, 0.2) is 71.9 Å². The highest BCUT2D eigenvalue weighted by Crippen LogP contribution is 2.33. The Morgan fingerprint density at radius 1 is 0.931 bits per heavy atom. The van der Waals surface area contributed by atoms with Crippen LogP contribution < -0.4 is 0 Å². The van der Waals surface area contributed by atoms with Gasteiger partial charge in [0.05, 0.1) is 5.69 Å². The Bertz CT molecular complexity index is 1140. The van der Waals surface area contributed by atoms with Crippen LogP contribution in [0.25, 0.3) is 17.1 Å². The summed E-state index contributed by atoms with van der Waals surface area (Å²) in [6.45, 7) is 2.03. The first kappa shape index (κ1) is 20.0. The number of halogens is 3. The van der Waals surface area contributed by atoms with Crippen LogP contribution in [0.3, 0.4) is 0 Å². The van der Waals surface area contributed by atoms with Gasteiger partial charge in [0.15, 0.2) is 11.0 Å². The molecule has 1 aromatic heterocycles. The average Bonchev–Trinajstić information content (AvgIpc) is 3.12. The Kier molecular flexibility index (Phi) is 5.90. The lowest BCUT2D eigenvalue weighted by atomic mass is 10.1. The van der Waals surface area contributed by atoms with Crippen LogP contribution in [0.5, 0.6) is 0 Å². The number of rotatable bonds is 5. The first-order valence-electron chi connectivity index (χ1n) is 8.87. The predicted molar refractivity (Wildman–Crippen MR) is 118 cm³/mol. The van der Waals surface area contributed by atoms with E-state index in [1.54, 1.807) is 12.1 Å². The molecular formula is C22H16Cl2FN3S. The molecule has 0 aliphatic heterocycles. The van der Waals surface area contributed by atoms with Crippen molar-refractivity contribution in [3.63, 3.8) is 0 Å². The number of para-hydroxylation sites is 1. The van der Waals surface area contributed by atoms with Crippen molar-refractivity contribution >= 4 is 35.0 Å². The number of benzene rings is 3. The molecule has 4 rings (SSSR count). The minimum Gasteiger partial charge on any atom is -0.270 e. The van der Waals surface area contributed by atoms with Crippen LogP contribution in [0.2, 0.25) is 10.0 Å². The summed E-state index contributed by atoms with van der Waals surface area (Å²) in [6.07, 6.45) is 0. The molecule has 0 radical (unpaired) electrons. The van der Waals surface area contributed by atoms with E-state index in [0.717, 1.165) is 16.8 Å². The normalized spacial score (nSPS) is 11.0. The van der Waals surface area contributed by atoms with Crippen LogP contribution in [-0.4, -0.2) is 14.8 Å². The van der Waals surface area contributed by atoms with Crippen molar-refractivity contribution in [3.8, 4) is 17.1 Å². The summed E-state index contributed by atoms with van der Waals surface area (Å²) in [4.78, 5) is 0. The summed E-state index contributed by atoms with van der Waals surface area (Å²) in [5, 5.41) is 10.5. The van der Waals surface area contributed by atoms with E-state index in [9.17, 15) is 4.39 Å². The average molecular weight is 444 g/mol. The van der Waals surface area contributed by atoms with Crippen LogP contribution in [0.4, 0.5) is 4.39 Å². The SMILES string of the molecule is Cc1ccccc1-n1c(SCc2c(F)cccc2Cl)nnc1-c1ccc(Cl)cc1. The molecule has 0 saturated carbocycles. The van der Waals surface area contributed by atoms with Gasteiger partial charge in [-0.2, -0.15) is 0 Å². The maximum atomic E-state index is 14.2. The Balaban J connectivity index is 1.78. The van der Waals surface area contributed by atoms with Crippen molar-refractivity contribution < 1.29 is 4.39 Å². The van der Waals surface area contributed by atoms with E-state index in [0.29, 0.717) is 32.3 Å². The van der Waals surface area contributed by atoms with Crippen molar-refractivity contribution in [2.45, 2.75) is 17.8 Å². The number of thioether (sulfide) groups is 1. The van der Waals surface area contributed by atoms with Gasteiger partial charge in [-0.1, -0.05) is 59.2 Å². The number of aryl methyl sites for hydroxylation is 1. The van der Waals surface area contributed by atoms with Crippen molar-refractivity contribution in [3.05, 3.63) is 93.7 Å². The molecule has 7 heteroatoms. The minimum atomic E-state index is -0.329. The molecule has 0 bridgehead atoms. The minimum absolute atomic E-state index is 0.329. The summed E-state index contributed by atoms with van der Waals surface area (Å²) >= 11 is 13.6. The molecule has 146 valence electrons. The third kappa shape index (κ3) is 4.17. The van der Waals surface area contributed by atoms with Crippen molar-refractivity contribution in [1.29, 1.82) is 0 Å². The molecule has 4 aromatic rings. The van der Waals surface area contributed by atoms with Gasteiger partial charge in [-0.15, -0.1) is 10.2 Å². The van der Waals surface area contributed by atoms with Gasteiger partial charge >= 0.3 is 0 Å². The van der Waals surface area contributed by atoms with Gasteiger partial charge < -0.3 is 0 Å². The van der Waals surface area contributed by atoms with Gasteiger partial charge in [-0.25, -0.2) is 4.39 Å². The molecule has 1 heterocycles. The molecular weight excluding hydrogens is 428 g/mol. The second-order valence-electron chi connectivity index (χ2n) is 6.42. The molecule has 0 aliphatic carbocycles. The molecule has 0 spiro atoms. The van der Waals surface area contributed by atoms with Crippen LogP contribution in [-0.2, 0) is 5.75 Å². The molecule has 3 nitrogen and oxygen atoms in total. The summed E-state index contributed by atoms with van der Waals surface area (Å²) < 4.78 is 16.2. The van der Waals surface area contributed by atoms with E-state index in [2.05, 4.69) is 10.2 Å². The molecule has 0 fully saturated rings. The lowest BCUT2D eigenvalue weighted by Gasteiger charge is -2.13. The molecule has 0 aliphatic rings. The van der Waals surface area contributed by atoms with E-state index >= 15 is 0 Å². The Morgan fingerprint density at radius 3 is 2.41 bits per heavy atom. The standard InChI is InChI=1S/C22H16Cl2FN3S/c1-14-5-2-3-8-20(14)28-21(15-9-11-16(23)12-10-15)26-27-22(28)29-13-17-18(24)6-4-7-19(17)25/h2-12H,13H2,1H3. The van der Waals surface area contributed by atoms with Crippen molar-refractivity contribution in [2.75, 3.05) is 0 Å². The Labute approximate surface area is 182 Å². The fourth-order valence-electron chi connectivity index (χ4n) is 2.99. The first-order valence-corrected chi connectivity index (χ1v) is 10.6. The van der Waals surface area contributed by atoms with Gasteiger partial charge in [0.1, 0.15) is 5.82 Å². The van der Waals surface area contributed by atoms with E-state index in [1.807, 2.05) is 60.0 Å². The van der Waals surface area contributed by atoms with Crippen LogP contribution >= 0.6 is 35.0 Å². The molecule has 3 aromatic carbocycles. The van der Waals surface area contributed by atoms with E-state index in [-0.39, 0.29) is 5.82 Å². The third-order valence-corrected chi connectivity index (χ3v) is 6.06. The van der Waals surface area contributed by atoms with Gasteiger partial charge in [0, 0.05) is 26.9 Å². The topological polar surface area (TPSA) is 30.7 Å². The monoisotopic (exact) mass is 443 g/mol. The fourth-order valence-corrected chi connectivity index (χ4v) is 4.40. The zero-order valence-electron chi connectivity index (χ0n) is 15.4. The van der Waals surface area contributed by atoms with Gasteiger partial charge in [-0.3, -0.25) is 4.57 Å². The quantitative estimate of drug-likeness (QED) is 0.311. The maximum absolute atomic E-state index is 14.2. The largest absolute Gasteiger partial charge is 0.270 e. The first-order chi connectivity index (χ1) is 14.0. The lowest BCUT2D eigenvalue weighted by molar-refractivity contribution is 0.617. The molecule has 0 unspecified atom stereocenters. The van der Waals surface area contributed by atoms with Crippen molar-refractivity contribution in [2.24, 2.45) is 0 Å². The highest BCUT2D eigenvalue weighted by Gasteiger charge is 2.18. The summed E-state index contributed by atoms with van der Waals surface area (Å²) in [5.41, 5.74) is 3.38. The maximum Gasteiger partial charge on any atom is 0.196 e. The van der Waals surface area contributed by atoms with Gasteiger partial charge in [-0.05, 0) is 55.0 Å². The second kappa shape index (κ2) is 8.57. The number of aromatic nitrogens is 3. The smallest absolute Gasteiger partial charge is 0.196 e. The lowest BCUT2D eigenvalue weighted by Crippen LogP contribution is -2.02. The zero-order valence-corrected chi connectivity index (χ0v) is 17.8. The van der Waals surface area contributed by atoms with Gasteiger partial charge in [0.25, 0.3) is 0 Å². The molecule has 0 atom stereocenters. The number of nitrogens with zero attached hydrogens (tertiary/aromatic N) is 3. The zero-order chi connectivity index (χ0) is 20.4. The van der Waals surface area contributed by atoms with Crippen molar-refractivity contribution in [1.82, 2.24) is 14.8 Å². The van der Waals surface area contributed by atoms with E-state index in [4.69, 9.17) is 23.2 Å². The molecule has 0 saturated heterocycles. The molecule has 29 heavy (non-hydrogen) atoms. The van der Waals surface area contributed by atoms with E-state index < -0.39 is 0 Å². The Morgan fingerprint density at radius 2 is 1.69 bits per heavy atom. The third-order valence-electron chi connectivity index (χ3n) is 4.50. The molecule has 0 amide bonds. The second-order valence-corrected chi connectivity index (χ2v) is 8.21. The van der Waals surface area contributed by atoms with Gasteiger partial charge in [0.2, 0.25) is 0 Å². The number of hydrogen-bond acceptors (Lipinski definition) is 3. The highest BCUT2D eigenvalue weighted by molar-refractivity contribution is 7.98. The van der Waals surface area contributed by atoms with E-state index in [1.165, 1.54) is 17.8 Å². The molecule has 0 N–H and O–H groups in total. The summed E-state index contributed by atoms with van der Waals surface area (Å²) in [6, 6.07) is 20.1. The fraction of sp³-hybridized carbons (Fsp3) is 0.0909. The Hall–Kier alpha value is -2.34. The highest BCUT2D eigenvalue weighted by atomic mass is 35.5. The van der Waals surface area contributed by atoms with Crippen LogP contribution in [0.1, 0.15) is 11.1 Å². The van der Waals surface area contributed by atoms with Crippen LogP contribution in [0, 0.1) is 12.7 Å².